The number of hydrogen-bond acceptors (Lipinski definition) is 4. The molecule has 0 aliphatic carbocycles. The van der Waals surface area contributed by atoms with Gasteiger partial charge in [-0.25, -0.2) is 0 Å². The Morgan fingerprint density at radius 3 is 2.42 bits per heavy atom. The van der Waals surface area contributed by atoms with Gasteiger partial charge in [0, 0.05) is 11.5 Å². The average Bonchev–Trinajstić information content (AvgIpc) is 2.48. The van der Waals surface area contributed by atoms with Crippen LogP contribution in [-0.4, -0.2) is 43.4 Å². The Morgan fingerprint density at radius 2 is 1.84 bits per heavy atom. The topological polar surface area (TPSA) is 46.6 Å². The Hall–Kier alpha value is -1.68. The van der Waals surface area contributed by atoms with Gasteiger partial charge in [-0.1, -0.05) is 30.3 Å². The summed E-state index contributed by atoms with van der Waals surface area (Å²) in [6.07, 6.45) is 1.62. The first-order valence-electron chi connectivity index (χ1n) is 6.59. The third-order valence-electron chi connectivity index (χ3n) is 3.60. The number of methoxy groups -OCH3 is 1. The molecular formula is C15H19NO3. The fraction of sp³-hybridized carbons (Fsp3) is 0.467. The molecule has 0 atom stereocenters. The van der Waals surface area contributed by atoms with E-state index in [2.05, 4.69) is 4.74 Å². The molecule has 1 saturated heterocycles. The summed E-state index contributed by atoms with van der Waals surface area (Å²) in [6, 6.07) is 9.42. The van der Waals surface area contributed by atoms with Crippen LogP contribution in [0.25, 0.3) is 0 Å². The van der Waals surface area contributed by atoms with E-state index in [1.165, 1.54) is 7.11 Å². The van der Waals surface area contributed by atoms with Gasteiger partial charge < -0.3 is 4.74 Å². The highest BCUT2D eigenvalue weighted by Crippen LogP contribution is 2.21. The van der Waals surface area contributed by atoms with Crippen LogP contribution in [0.5, 0.6) is 0 Å². The van der Waals surface area contributed by atoms with E-state index in [-0.39, 0.29) is 17.7 Å². The zero-order chi connectivity index (χ0) is 13.7. The molecule has 0 radical (unpaired) electrons. The van der Waals surface area contributed by atoms with Crippen LogP contribution >= 0.6 is 0 Å². The quantitative estimate of drug-likeness (QED) is 0.612. The van der Waals surface area contributed by atoms with Crippen molar-refractivity contribution in [1.29, 1.82) is 0 Å². The number of benzene rings is 1. The third-order valence-corrected chi connectivity index (χ3v) is 3.60. The summed E-state index contributed by atoms with van der Waals surface area (Å²) < 4.78 is 4.65. The molecule has 1 heterocycles. The van der Waals surface area contributed by atoms with Crippen molar-refractivity contribution < 1.29 is 14.3 Å². The van der Waals surface area contributed by atoms with E-state index in [0.717, 1.165) is 31.5 Å². The number of nitrogens with zero attached hydrogens (tertiary/aromatic N) is 1. The smallest absolute Gasteiger partial charge is 0.319 e. The van der Waals surface area contributed by atoms with Crippen LogP contribution < -0.4 is 0 Å². The Morgan fingerprint density at radius 1 is 1.21 bits per heavy atom. The maximum absolute atomic E-state index is 12.3. The molecule has 1 aromatic carbocycles. The lowest BCUT2D eigenvalue weighted by Crippen LogP contribution is -2.39. The van der Waals surface area contributed by atoms with Gasteiger partial charge >= 0.3 is 5.97 Å². The molecule has 4 nitrogen and oxygen atoms in total. The number of ether oxygens (including phenoxy) is 1. The molecule has 102 valence electrons. The van der Waals surface area contributed by atoms with Crippen LogP contribution in [0.4, 0.5) is 0 Å². The van der Waals surface area contributed by atoms with Gasteiger partial charge in [0.1, 0.15) is 0 Å². The van der Waals surface area contributed by atoms with Gasteiger partial charge in [0.15, 0.2) is 5.78 Å². The van der Waals surface area contributed by atoms with Gasteiger partial charge in [-0.05, 0) is 25.9 Å². The third kappa shape index (κ3) is 3.64. The molecule has 1 aliphatic rings. The molecule has 0 N–H and O–H groups in total. The van der Waals surface area contributed by atoms with Crippen LogP contribution in [0.2, 0.25) is 0 Å². The van der Waals surface area contributed by atoms with Crippen LogP contribution in [0, 0.1) is 5.92 Å². The number of ketones is 1. The first-order chi connectivity index (χ1) is 9.20. The van der Waals surface area contributed by atoms with E-state index in [1.54, 1.807) is 0 Å². The highest BCUT2D eigenvalue weighted by atomic mass is 16.5. The molecule has 0 aromatic heterocycles. The number of piperidine rings is 1. The standard InChI is InChI=1S/C15H19NO3/c1-19-14(17)11-16-9-7-13(8-10-16)15(18)12-5-3-2-4-6-12/h2-6,13H,7-11H2,1H3. The normalized spacial score (nSPS) is 17.1. The minimum atomic E-state index is -0.215. The van der Waals surface area contributed by atoms with Crippen LogP contribution in [-0.2, 0) is 9.53 Å². The van der Waals surface area contributed by atoms with Crippen LogP contribution in [0.15, 0.2) is 30.3 Å². The van der Waals surface area contributed by atoms with Crippen molar-refractivity contribution in [2.45, 2.75) is 12.8 Å². The first-order valence-corrected chi connectivity index (χ1v) is 6.59. The SMILES string of the molecule is COC(=O)CN1CCC(C(=O)c2ccccc2)CC1. The molecule has 0 unspecified atom stereocenters. The van der Waals surface area contributed by atoms with Crippen molar-refractivity contribution in [3.8, 4) is 0 Å². The van der Waals surface area contributed by atoms with E-state index >= 15 is 0 Å². The summed E-state index contributed by atoms with van der Waals surface area (Å²) in [5.41, 5.74) is 0.786. The lowest BCUT2D eigenvalue weighted by Gasteiger charge is -2.30. The summed E-state index contributed by atoms with van der Waals surface area (Å²) >= 11 is 0. The van der Waals surface area contributed by atoms with Crippen molar-refractivity contribution in [3.63, 3.8) is 0 Å². The highest BCUT2D eigenvalue weighted by molar-refractivity contribution is 5.97. The molecular weight excluding hydrogens is 242 g/mol. The van der Waals surface area contributed by atoms with Crippen molar-refractivity contribution in [3.05, 3.63) is 35.9 Å². The van der Waals surface area contributed by atoms with Gasteiger partial charge in [-0.3, -0.25) is 14.5 Å². The van der Waals surface area contributed by atoms with Crippen molar-refractivity contribution in [2.75, 3.05) is 26.7 Å². The molecule has 0 bridgehead atoms. The summed E-state index contributed by atoms with van der Waals surface area (Å²) in [7, 11) is 1.40. The molecule has 0 spiro atoms. The molecule has 1 aromatic rings. The Labute approximate surface area is 113 Å². The van der Waals surface area contributed by atoms with Crippen LogP contribution in [0.3, 0.4) is 0 Å². The molecule has 19 heavy (non-hydrogen) atoms. The number of rotatable bonds is 4. The number of esters is 1. The van der Waals surface area contributed by atoms with E-state index in [9.17, 15) is 9.59 Å². The van der Waals surface area contributed by atoms with Gasteiger partial charge in [0.05, 0.1) is 13.7 Å². The zero-order valence-corrected chi connectivity index (χ0v) is 11.2. The highest BCUT2D eigenvalue weighted by Gasteiger charge is 2.26. The molecule has 0 amide bonds. The summed E-state index contributed by atoms with van der Waals surface area (Å²) in [4.78, 5) is 25.5. The van der Waals surface area contributed by atoms with E-state index in [0.29, 0.717) is 6.54 Å². The lowest BCUT2D eigenvalue weighted by molar-refractivity contribution is -0.142. The Kier molecular flexibility index (Phi) is 4.68. The maximum Gasteiger partial charge on any atom is 0.319 e. The largest absolute Gasteiger partial charge is 0.468 e. The van der Waals surface area contributed by atoms with Crippen LogP contribution in [0.1, 0.15) is 23.2 Å². The molecule has 4 heteroatoms. The minimum absolute atomic E-state index is 0.0799. The minimum Gasteiger partial charge on any atom is -0.468 e. The summed E-state index contributed by atoms with van der Waals surface area (Å²) in [5, 5.41) is 0. The van der Waals surface area contributed by atoms with Gasteiger partial charge in [-0.2, -0.15) is 0 Å². The van der Waals surface area contributed by atoms with E-state index in [1.807, 2.05) is 35.2 Å². The van der Waals surface area contributed by atoms with Gasteiger partial charge in [0.2, 0.25) is 0 Å². The fourth-order valence-electron chi connectivity index (χ4n) is 2.44. The number of Topliss-reactive ketones (excluding diaryl/α,β-unsaturated/α-hetero) is 1. The number of carbonyl (C=O) groups excluding carboxylic acids is 2. The van der Waals surface area contributed by atoms with Crippen molar-refractivity contribution in [1.82, 2.24) is 4.90 Å². The fourth-order valence-corrected chi connectivity index (χ4v) is 2.44. The predicted octanol–water partition coefficient (Wildman–Crippen LogP) is 1.75. The van der Waals surface area contributed by atoms with Crippen molar-refractivity contribution >= 4 is 11.8 Å². The molecule has 2 rings (SSSR count). The molecule has 1 aliphatic heterocycles. The summed E-state index contributed by atoms with van der Waals surface area (Å²) in [6.45, 7) is 1.87. The van der Waals surface area contributed by atoms with Gasteiger partial charge in [-0.15, -0.1) is 0 Å². The number of hydrogen-bond donors (Lipinski definition) is 0. The van der Waals surface area contributed by atoms with Gasteiger partial charge in [0.25, 0.3) is 0 Å². The number of carbonyl (C=O) groups is 2. The lowest BCUT2D eigenvalue weighted by atomic mass is 9.89. The molecule has 0 saturated carbocycles. The second-order valence-corrected chi connectivity index (χ2v) is 4.86. The number of likely N-dealkylation sites (tertiary alicyclic amines) is 1. The maximum atomic E-state index is 12.3. The van der Waals surface area contributed by atoms with Crippen molar-refractivity contribution in [2.24, 2.45) is 5.92 Å². The Bertz CT molecular complexity index is 436. The average molecular weight is 261 g/mol. The monoisotopic (exact) mass is 261 g/mol. The van der Waals surface area contributed by atoms with E-state index < -0.39 is 0 Å². The summed E-state index contributed by atoms with van der Waals surface area (Å²) in [5.74, 6) is 0.0856. The molecule has 1 fully saturated rings. The first kappa shape index (κ1) is 13.7. The zero-order valence-electron chi connectivity index (χ0n) is 11.2. The Balaban J connectivity index is 1.86. The van der Waals surface area contributed by atoms with E-state index in [4.69, 9.17) is 0 Å². The second kappa shape index (κ2) is 6.48. The second-order valence-electron chi connectivity index (χ2n) is 4.86. The predicted molar refractivity (Wildman–Crippen MR) is 72.0 cm³/mol.